The molecule has 2 aliphatic rings. The van der Waals surface area contributed by atoms with Crippen LogP contribution in [0.25, 0.3) is 22.3 Å². The van der Waals surface area contributed by atoms with E-state index >= 15 is 0 Å². The van der Waals surface area contributed by atoms with E-state index in [0.29, 0.717) is 5.92 Å². The van der Waals surface area contributed by atoms with Gasteiger partial charge in [0, 0.05) is 42.4 Å². The van der Waals surface area contributed by atoms with Crippen LogP contribution < -0.4 is 4.90 Å². The van der Waals surface area contributed by atoms with Gasteiger partial charge in [-0.2, -0.15) is 5.10 Å². The molecule has 0 spiro atoms. The SMILES string of the molecule is C#N.O=C1C(C2CC2)CCN1c1ccnc2[nH]c(-c3cn[nH]c3)cc12. The molecule has 1 amide bonds. The first-order valence-corrected chi connectivity index (χ1v) is 8.35. The van der Waals surface area contributed by atoms with Crippen LogP contribution in [0.15, 0.2) is 30.7 Å². The Hall–Kier alpha value is -3.14. The number of amides is 1. The number of H-pyrrole nitrogens is 2. The van der Waals surface area contributed by atoms with Gasteiger partial charge in [-0.15, -0.1) is 0 Å². The van der Waals surface area contributed by atoms with Crippen molar-refractivity contribution < 1.29 is 4.79 Å². The van der Waals surface area contributed by atoms with E-state index in [1.807, 2.05) is 17.2 Å². The fourth-order valence-electron chi connectivity index (χ4n) is 3.68. The van der Waals surface area contributed by atoms with Crippen LogP contribution in [0.1, 0.15) is 19.3 Å². The summed E-state index contributed by atoms with van der Waals surface area (Å²) in [6.45, 7) is 4.31. The Bertz CT molecular complexity index is 922. The van der Waals surface area contributed by atoms with Gasteiger partial charge < -0.3 is 9.88 Å². The van der Waals surface area contributed by atoms with E-state index in [2.05, 4.69) is 32.8 Å². The van der Waals surface area contributed by atoms with Crippen molar-refractivity contribution in [2.24, 2.45) is 11.8 Å². The zero-order valence-corrected chi connectivity index (χ0v) is 13.6. The van der Waals surface area contributed by atoms with Crippen molar-refractivity contribution in [3.8, 4) is 17.8 Å². The molecule has 0 bridgehead atoms. The third kappa shape index (κ3) is 2.56. The van der Waals surface area contributed by atoms with Gasteiger partial charge in [0.1, 0.15) is 5.65 Å². The van der Waals surface area contributed by atoms with Gasteiger partial charge in [-0.05, 0) is 37.3 Å². The molecule has 2 N–H and O–H groups in total. The highest BCUT2D eigenvalue weighted by Gasteiger charge is 2.42. The Morgan fingerprint density at radius 3 is 2.84 bits per heavy atom. The molecular formula is C18H18N6O. The lowest BCUT2D eigenvalue weighted by Gasteiger charge is -2.17. The van der Waals surface area contributed by atoms with Gasteiger partial charge in [0.05, 0.1) is 17.6 Å². The van der Waals surface area contributed by atoms with Gasteiger partial charge in [-0.3, -0.25) is 9.89 Å². The lowest BCUT2D eigenvalue weighted by atomic mass is 10.0. The van der Waals surface area contributed by atoms with E-state index in [9.17, 15) is 4.79 Å². The van der Waals surface area contributed by atoms with Crippen molar-refractivity contribution in [2.45, 2.75) is 19.3 Å². The molecule has 126 valence electrons. The summed E-state index contributed by atoms with van der Waals surface area (Å²) in [4.78, 5) is 22.4. The maximum Gasteiger partial charge on any atom is 0.230 e. The first-order chi connectivity index (χ1) is 12.3. The number of nitriles is 1. The summed E-state index contributed by atoms with van der Waals surface area (Å²) in [5.41, 5.74) is 3.71. The highest BCUT2D eigenvalue weighted by atomic mass is 16.2. The van der Waals surface area contributed by atoms with E-state index < -0.39 is 0 Å². The molecule has 1 aliphatic heterocycles. The van der Waals surface area contributed by atoms with E-state index in [0.717, 1.165) is 40.9 Å². The van der Waals surface area contributed by atoms with Crippen molar-refractivity contribution in [2.75, 3.05) is 11.4 Å². The van der Waals surface area contributed by atoms with Gasteiger partial charge in [0.15, 0.2) is 0 Å². The Balaban J connectivity index is 0.000000758. The third-order valence-electron chi connectivity index (χ3n) is 5.05. The first-order valence-electron chi connectivity index (χ1n) is 8.35. The number of anilines is 1. The van der Waals surface area contributed by atoms with Gasteiger partial charge in [0.25, 0.3) is 0 Å². The van der Waals surface area contributed by atoms with Crippen molar-refractivity contribution >= 4 is 22.6 Å². The number of carbonyl (C=O) groups is 1. The summed E-state index contributed by atoms with van der Waals surface area (Å²) >= 11 is 0. The maximum absolute atomic E-state index is 12.7. The van der Waals surface area contributed by atoms with Crippen molar-refractivity contribution in [1.82, 2.24) is 20.2 Å². The average molecular weight is 334 g/mol. The van der Waals surface area contributed by atoms with Crippen molar-refractivity contribution in [1.29, 1.82) is 5.26 Å². The van der Waals surface area contributed by atoms with Crippen LogP contribution in [-0.4, -0.2) is 32.6 Å². The molecule has 4 heterocycles. The Labute approximate surface area is 144 Å². The molecule has 1 unspecified atom stereocenters. The van der Waals surface area contributed by atoms with Crippen molar-refractivity contribution in [3.63, 3.8) is 0 Å². The highest BCUT2D eigenvalue weighted by molar-refractivity contribution is 6.05. The molecule has 1 saturated heterocycles. The normalized spacial score (nSPS) is 19.8. The standard InChI is InChI=1S/C17H17N5O.CHN/c23-17-12(10-1-2-10)4-6-22(17)15-3-5-18-16-13(15)7-14(21-16)11-8-19-20-9-11;1-2/h3,5,7-10,12H,1-2,4,6H2,(H,18,21)(H,19,20);1H. The molecular weight excluding hydrogens is 316 g/mol. The zero-order chi connectivity index (χ0) is 17.4. The first kappa shape index (κ1) is 15.4. The minimum Gasteiger partial charge on any atom is -0.339 e. The number of aromatic nitrogens is 4. The minimum absolute atomic E-state index is 0.227. The molecule has 0 radical (unpaired) electrons. The monoisotopic (exact) mass is 334 g/mol. The second kappa shape index (κ2) is 6.06. The molecule has 25 heavy (non-hydrogen) atoms. The van der Waals surface area contributed by atoms with Crippen LogP contribution in [-0.2, 0) is 4.79 Å². The van der Waals surface area contributed by atoms with Crippen LogP contribution in [0.3, 0.4) is 0 Å². The van der Waals surface area contributed by atoms with E-state index in [1.54, 1.807) is 12.4 Å². The van der Waals surface area contributed by atoms with Crippen LogP contribution in [0.2, 0.25) is 0 Å². The fraction of sp³-hybridized carbons (Fsp3) is 0.333. The average Bonchev–Trinajstić information content (AvgIpc) is 3.06. The Morgan fingerprint density at radius 1 is 1.28 bits per heavy atom. The van der Waals surface area contributed by atoms with Gasteiger partial charge >= 0.3 is 0 Å². The molecule has 2 fully saturated rings. The lowest BCUT2D eigenvalue weighted by molar-refractivity contribution is -0.120. The van der Waals surface area contributed by atoms with Crippen LogP contribution in [0, 0.1) is 23.7 Å². The number of pyridine rings is 1. The summed E-state index contributed by atoms with van der Waals surface area (Å²) in [5, 5.41) is 14.3. The number of rotatable bonds is 3. The van der Waals surface area contributed by atoms with Crippen LogP contribution in [0.5, 0.6) is 0 Å². The molecule has 0 aromatic carbocycles. The predicted molar refractivity (Wildman–Crippen MR) is 93.5 cm³/mol. The number of fused-ring (bicyclic) bond motifs is 1. The third-order valence-corrected chi connectivity index (χ3v) is 5.05. The summed E-state index contributed by atoms with van der Waals surface area (Å²) < 4.78 is 0. The van der Waals surface area contributed by atoms with Crippen LogP contribution in [0.4, 0.5) is 5.69 Å². The number of nitrogens with one attached hydrogen (secondary N) is 2. The largest absolute Gasteiger partial charge is 0.339 e. The van der Waals surface area contributed by atoms with Crippen LogP contribution >= 0.6 is 0 Å². The van der Waals surface area contributed by atoms with E-state index in [-0.39, 0.29) is 11.8 Å². The molecule has 1 atom stereocenters. The van der Waals surface area contributed by atoms with Gasteiger partial charge in [-0.25, -0.2) is 10.2 Å². The van der Waals surface area contributed by atoms with Gasteiger partial charge in [0.2, 0.25) is 5.91 Å². The van der Waals surface area contributed by atoms with E-state index in [4.69, 9.17) is 5.26 Å². The predicted octanol–water partition coefficient (Wildman–Crippen LogP) is 2.86. The summed E-state index contributed by atoms with van der Waals surface area (Å²) in [5.74, 6) is 1.13. The van der Waals surface area contributed by atoms with E-state index in [1.165, 1.54) is 12.8 Å². The highest BCUT2D eigenvalue weighted by Crippen LogP contribution is 2.43. The summed E-state index contributed by atoms with van der Waals surface area (Å²) in [6, 6.07) is 4.00. The fourth-order valence-corrected chi connectivity index (χ4v) is 3.68. The minimum atomic E-state index is 0.227. The molecule has 5 rings (SSSR count). The topological polar surface area (TPSA) is 101 Å². The quantitative estimate of drug-likeness (QED) is 0.769. The zero-order valence-electron chi connectivity index (χ0n) is 13.6. The second-order valence-electron chi connectivity index (χ2n) is 6.48. The number of hydrogen-bond donors (Lipinski definition) is 2. The Morgan fingerprint density at radius 2 is 2.12 bits per heavy atom. The molecule has 7 nitrogen and oxygen atoms in total. The molecule has 3 aromatic heterocycles. The van der Waals surface area contributed by atoms with Gasteiger partial charge in [-0.1, -0.05) is 0 Å². The summed E-state index contributed by atoms with van der Waals surface area (Å²) in [7, 11) is 0. The van der Waals surface area contributed by atoms with Crippen molar-refractivity contribution in [3.05, 3.63) is 30.7 Å². The second-order valence-corrected chi connectivity index (χ2v) is 6.48. The number of nitrogens with zero attached hydrogens (tertiary/aromatic N) is 4. The lowest BCUT2D eigenvalue weighted by Crippen LogP contribution is -2.27. The molecule has 1 aliphatic carbocycles. The Kier molecular flexibility index (Phi) is 3.73. The molecule has 3 aromatic rings. The maximum atomic E-state index is 12.7. The summed E-state index contributed by atoms with van der Waals surface area (Å²) in [6.07, 6.45) is 8.79. The number of hydrogen-bond acceptors (Lipinski definition) is 4. The number of carbonyl (C=O) groups excluding carboxylic acids is 1. The smallest absolute Gasteiger partial charge is 0.230 e. The number of aromatic amines is 2. The molecule has 7 heteroatoms. The molecule has 1 saturated carbocycles.